The lowest BCUT2D eigenvalue weighted by molar-refractivity contribution is 0.0632. The van der Waals surface area contributed by atoms with Crippen LogP contribution in [0, 0.1) is 0 Å². The van der Waals surface area contributed by atoms with Gasteiger partial charge in [0, 0.05) is 43.4 Å². The molecule has 0 aromatic heterocycles. The third kappa shape index (κ3) is 3.36. The van der Waals surface area contributed by atoms with Gasteiger partial charge in [-0.25, -0.2) is 8.42 Å². The van der Waals surface area contributed by atoms with Crippen molar-refractivity contribution in [2.45, 2.75) is 30.3 Å². The number of hydrogen-bond acceptors (Lipinski definition) is 4. The summed E-state index contributed by atoms with van der Waals surface area (Å²) in [6.45, 7) is 1.21. The summed E-state index contributed by atoms with van der Waals surface area (Å²) in [6, 6.07) is 2.85. The molecule has 1 aliphatic rings. The fourth-order valence-corrected chi connectivity index (χ4v) is 4.68. The molecule has 2 rings (SSSR count). The maximum absolute atomic E-state index is 12.7. The molecule has 8 heteroatoms. The molecule has 1 fully saturated rings. The lowest BCUT2D eigenvalue weighted by Gasteiger charge is -2.30. The lowest BCUT2D eigenvalue weighted by atomic mass is 10.1. The summed E-state index contributed by atoms with van der Waals surface area (Å²) in [7, 11) is -2.12. The van der Waals surface area contributed by atoms with Crippen molar-refractivity contribution in [3.63, 3.8) is 0 Å². The van der Waals surface area contributed by atoms with E-state index in [0.717, 1.165) is 0 Å². The van der Waals surface area contributed by atoms with Crippen LogP contribution in [-0.4, -0.2) is 39.0 Å². The van der Waals surface area contributed by atoms with E-state index < -0.39 is 10.0 Å². The van der Waals surface area contributed by atoms with E-state index in [4.69, 9.17) is 33.7 Å². The smallest absolute Gasteiger partial charge is 0.244 e. The quantitative estimate of drug-likeness (QED) is 0.901. The van der Waals surface area contributed by atoms with Crippen LogP contribution in [0.4, 0.5) is 0 Å². The number of sulfonamides is 1. The first-order valence-corrected chi connectivity index (χ1v) is 8.82. The Kier molecular flexibility index (Phi) is 5.51. The van der Waals surface area contributed by atoms with E-state index in [1.807, 2.05) is 0 Å². The number of halogens is 2. The molecule has 1 aliphatic heterocycles. The summed E-state index contributed by atoms with van der Waals surface area (Å²) < 4.78 is 32.1. The normalized spacial score (nSPS) is 17.4. The van der Waals surface area contributed by atoms with Crippen LogP contribution in [0.2, 0.25) is 10.0 Å². The van der Waals surface area contributed by atoms with E-state index in [-0.39, 0.29) is 22.5 Å². The minimum atomic E-state index is -3.69. The Morgan fingerprint density at radius 1 is 1.33 bits per heavy atom. The summed E-state index contributed by atoms with van der Waals surface area (Å²) in [5, 5.41) is 0.471. The van der Waals surface area contributed by atoms with E-state index in [1.54, 1.807) is 7.05 Å². The molecule has 2 N–H and O–H groups in total. The summed E-state index contributed by atoms with van der Waals surface area (Å²) in [5.74, 6) is 0. The van der Waals surface area contributed by atoms with Crippen molar-refractivity contribution >= 4 is 33.2 Å². The van der Waals surface area contributed by atoms with Gasteiger partial charge in [-0.2, -0.15) is 4.31 Å². The summed E-state index contributed by atoms with van der Waals surface area (Å²) in [4.78, 5) is 0.0445. The molecule has 0 atom stereocenters. The molecule has 1 aromatic carbocycles. The van der Waals surface area contributed by atoms with Crippen molar-refractivity contribution in [2.24, 2.45) is 5.73 Å². The predicted octanol–water partition coefficient (Wildman–Crippen LogP) is 2.25. The Morgan fingerprint density at radius 2 is 1.95 bits per heavy atom. The molecule has 5 nitrogen and oxygen atoms in total. The van der Waals surface area contributed by atoms with Gasteiger partial charge >= 0.3 is 0 Å². The molecule has 1 heterocycles. The van der Waals surface area contributed by atoms with Gasteiger partial charge in [0.1, 0.15) is 4.90 Å². The van der Waals surface area contributed by atoms with Crippen LogP contribution < -0.4 is 5.73 Å². The van der Waals surface area contributed by atoms with Gasteiger partial charge in [0.2, 0.25) is 10.0 Å². The second-order valence-electron chi connectivity index (χ2n) is 4.91. The summed E-state index contributed by atoms with van der Waals surface area (Å²) in [6.07, 6.45) is 1.34. The van der Waals surface area contributed by atoms with E-state index >= 15 is 0 Å². The zero-order chi connectivity index (χ0) is 15.6. The molecule has 0 spiro atoms. The second-order valence-corrected chi connectivity index (χ2v) is 7.66. The van der Waals surface area contributed by atoms with Gasteiger partial charge in [-0.1, -0.05) is 23.2 Å². The van der Waals surface area contributed by atoms with Crippen LogP contribution in [0.3, 0.4) is 0 Å². The Labute approximate surface area is 135 Å². The van der Waals surface area contributed by atoms with E-state index in [0.29, 0.717) is 36.6 Å². The minimum Gasteiger partial charge on any atom is -0.381 e. The topological polar surface area (TPSA) is 72.6 Å². The van der Waals surface area contributed by atoms with Gasteiger partial charge < -0.3 is 10.5 Å². The van der Waals surface area contributed by atoms with Crippen LogP contribution in [0.1, 0.15) is 18.4 Å². The van der Waals surface area contributed by atoms with Crippen LogP contribution in [0.15, 0.2) is 17.0 Å². The molecule has 1 aromatic rings. The van der Waals surface area contributed by atoms with Gasteiger partial charge in [0.15, 0.2) is 0 Å². The fourth-order valence-electron chi connectivity index (χ4n) is 2.36. The van der Waals surface area contributed by atoms with Gasteiger partial charge in [-0.3, -0.25) is 0 Å². The highest BCUT2D eigenvalue weighted by Gasteiger charge is 2.31. The molecule has 118 valence electrons. The van der Waals surface area contributed by atoms with Crippen LogP contribution in [0.5, 0.6) is 0 Å². The molecule has 0 radical (unpaired) electrons. The molecular weight excluding hydrogens is 335 g/mol. The molecule has 21 heavy (non-hydrogen) atoms. The van der Waals surface area contributed by atoms with E-state index in [9.17, 15) is 8.42 Å². The van der Waals surface area contributed by atoms with Crippen LogP contribution in [-0.2, 0) is 21.3 Å². The van der Waals surface area contributed by atoms with Crippen molar-refractivity contribution in [1.82, 2.24) is 4.31 Å². The molecule has 0 unspecified atom stereocenters. The maximum atomic E-state index is 12.7. The second kappa shape index (κ2) is 6.81. The standard InChI is InChI=1S/C13H18Cl2N2O3S/c1-17(9-4-6-20-7-5-9)21(18,19)12-3-2-11(14)10(8-16)13(12)15/h2-3,9H,4-8,16H2,1H3. The molecule has 0 saturated carbocycles. The lowest BCUT2D eigenvalue weighted by Crippen LogP contribution is -2.40. The van der Waals surface area contributed by atoms with Gasteiger partial charge in [-0.15, -0.1) is 0 Å². The number of ether oxygens (including phenoxy) is 1. The first kappa shape index (κ1) is 17.0. The van der Waals surface area contributed by atoms with Crippen molar-refractivity contribution in [3.05, 3.63) is 27.7 Å². The van der Waals surface area contributed by atoms with Crippen molar-refractivity contribution in [2.75, 3.05) is 20.3 Å². The van der Waals surface area contributed by atoms with Gasteiger partial charge in [-0.05, 0) is 25.0 Å². The van der Waals surface area contributed by atoms with Crippen LogP contribution in [0.25, 0.3) is 0 Å². The number of benzene rings is 1. The van der Waals surface area contributed by atoms with Gasteiger partial charge in [0.25, 0.3) is 0 Å². The third-order valence-electron chi connectivity index (χ3n) is 3.72. The SMILES string of the molecule is CN(C1CCOCC1)S(=O)(=O)c1ccc(Cl)c(CN)c1Cl. The highest BCUT2D eigenvalue weighted by atomic mass is 35.5. The van der Waals surface area contributed by atoms with Crippen molar-refractivity contribution in [3.8, 4) is 0 Å². The Hall–Kier alpha value is -0.370. The summed E-state index contributed by atoms with van der Waals surface area (Å²) in [5.41, 5.74) is 6.03. The number of rotatable bonds is 4. The Bertz CT molecular complexity index is 616. The van der Waals surface area contributed by atoms with Crippen molar-refractivity contribution < 1.29 is 13.2 Å². The zero-order valence-corrected chi connectivity index (χ0v) is 14.0. The van der Waals surface area contributed by atoms with Gasteiger partial charge in [0.05, 0.1) is 5.02 Å². The zero-order valence-electron chi connectivity index (χ0n) is 11.7. The minimum absolute atomic E-state index is 0.0445. The molecule has 0 amide bonds. The van der Waals surface area contributed by atoms with Crippen molar-refractivity contribution in [1.29, 1.82) is 0 Å². The molecular formula is C13H18Cl2N2O3S. The average molecular weight is 353 g/mol. The Balaban J connectivity index is 2.39. The van der Waals surface area contributed by atoms with E-state index in [1.165, 1.54) is 16.4 Å². The Morgan fingerprint density at radius 3 is 2.52 bits per heavy atom. The van der Waals surface area contributed by atoms with Crippen LogP contribution >= 0.6 is 23.2 Å². The highest BCUT2D eigenvalue weighted by molar-refractivity contribution is 7.89. The fraction of sp³-hybridized carbons (Fsp3) is 0.538. The number of nitrogens with two attached hydrogens (primary N) is 1. The van der Waals surface area contributed by atoms with E-state index in [2.05, 4.69) is 0 Å². The largest absolute Gasteiger partial charge is 0.381 e. The molecule has 0 aliphatic carbocycles. The first-order valence-electron chi connectivity index (χ1n) is 6.62. The first-order chi connectivity index (χ1) is 9.89. The molecule has 0 bridgehead atoms. The molecule has 1 saturated heterocycles. The monoisotopic (exact) mass is 352 g/mol. The highest BCUT2D eigenvalue weighted by Crippen LogP contribution is 2.33. The number of nitrogens with zero attached hydrogens (tertiary/aromatic N) is 1. The number of hydrogen-bond donors (Lipinski definition) is 1. The average Bonchev–Trinajstić information content (AvgIpc) is 2.47. The summed E-state index contributed by atoms with van der Waals surface area (Å²) >= 11 is 12.2. The third-order valence-corrected chi connectivity index (χ3v) is 6.57. The predicted molar refractivity (Wildman–Crippen MR) is 83.1 cm³/mol. The maximum Gasteiger partial charge on any atom is 0.244 e.